The van der Waals surface area contributed by atoms with Gasteiger partial charge in [0.15, 0.2) is 11.5 Å². The van der Waals surface area contributed by atoms with Gasteiger partial charge in [-0.05, 0) is 48.9 Å². The van der Waals surface area contributed by atoms with E-state index in [4.69, 9.17) is 9.47 Å². The second-order valence-electron chi connectivity index (χ2n) is 8.13. The predicted octanol–water partition coefficient (Wildman–Crippen LogP) is 4.79. The molecule has 0 aliphatic rings. The highest BCUT2D eigenvalue weighted by atomic mass is 16.5. The number of H-pyrrole nitrogens is 1. The van der Waals surface area contributed by atoms with Crippen molar-refractivity contribution in [3.8, 4) is 22.6 Å². The fourth-order valence-corrected chi connectivity index (χ4v) is 4.10. The maximum Gasteiger partial charge on any atom is 0.244 e. The molecular weight excluding hydrogens is 442 g/mol. The molecule has 1 amide bonds. The number of nitrogens with one attached hydrogen (secondary N) is 2. The molecule has 5 rings (SSSR count). The summed E-state index contributed by atoms with van der Waals surface area (Å²) in [7, 11) is 3.18. The zero-order valence-electron chi connectivity index (χ0n) is 19.6. The third-order valence-corrected chi connectivity index (χ3v) is 5.98. The molecule has 1 atom stereocenters. The number of ether oxygens (including phenoxy) is 2. The van der Waals surface area contributed by atoms with Gasteiger partial charge in [-0.3, -0.25) is 4.79 Å². The molecule has 4 aromatic heterocycles. The van der Waals surface area contributed by atoms with E-state index in [0.717, 1.165) is 38.8 Å². The maximum absolute atomic E-state index is 12.6. The number of pyridine rings is 2. The van der Waals surface area contributed by atoms with E-state index in [9.17, 15) is 4.79 Å². The molecule has 0 aliphatic heterocycles. The van der Waals surface area contributed by atoms with Crippen LogP contribution < -0.4 is 14.8 Å². The molecular formula is C27H25N5O3. The minimum absolute atomic E-state index is 0.201. The number of methoxy groups -OCH3 is 2. The summed E-state index contributed by atoms with van der Waals surface area (Å²) in [6.07, 6.45) is 10.7. The van der Waals surface area contributed by atoms with Crippen LogP contribution >= 0.6 is 0 Å². The number of amides is 1. The molecule has 1 aromatic carbocycles. The van der Waals surface area contributed by atoms with Gasteiger partial charge in [0, 0.05) is 46.7 Å². The zero-order chi connectivity index (χ0) is 24.4. The molecule has 0 bridgehead atoms. The lowest BCUT2D eigenvalue weighted by Crippen LogP contribution is -2.24. The van der Waals surface area contributed by atoms with Gasteiger partial charge in [-0.1, -0.05) is 12.1 Å². The normalized spacial score (nSPS) is 12.3. The van der Waals surface area contributed by atoms with Gasteiger partial charge >= 0.3 is 0 Å². The number of rotatable bonds is 7. The van der Waals surface area contributed by atoms with Gasteiger partial charge in [0.2, 0.25) is 5.91 Å². The van der Waals surface area contributed by atoms with Crippen LogP contribution in [0.25, 0.3) is 33.8 Å². The Morgan fingerprint density at radius 2 is 1.97 bits per heavy atom. The largest absolute Gasteiger partial charge is 0.493 e. The lowest BCUT2D eigenvalue weighted by atomic mass is 10.1. The van der Waals surface area contributed by atoms with E-state index in [2.05, 4.69) is 26.4 Å². The number of carbonyl (C=O) groups excluding carboxylic acids is 1. The van der Waals surface area contributed by atoms with Gasteiger partial charge in [-0.25, -0.2) is 9.50 Å². The number of carbonyl (C=O) groups is 1. The van der Waals surface area contributed by atoms with Crippen LogP contribution in [0.3, 0.4) is 0 Å². The lowest BCUT2D eigenvalue weighted by Gasteiger charge is -2.15. The van der Waals surface area contributed by atoms with Gasteiger partial charge in [-0.2, -0.15) is 5.10 Å². The van der Waals surface area contributed by atoms with Gasteiger partial charge < -0.3 is 19.8 Å². The highest BCUT2D eigenvalue weighted by molar-refractivity contribution is 5.97. The van der Waals surface area contributed by atoms with E-state index >= 15 is 0 Å². The molecule has 8 heteroatoms. The minimum atomic E-state index is -0.209. The van der Waals surface area contributed by atoms with Crippen LogP contribution in [-0.2, 0) is 4.79 Å². The van der Waals surface area contributed by atoms with Crippen LogP contribution in [0.5, 0.6) is 11.5 Å². The Morgan fingerprint density at radius 3 is 2.80 bits per heavy atom. The number of aromatic amines is 1. The summed E-state index contributed by atoms with van der Waals surface area (Å²) < 4.78 is 12.5. The van der Waals surface area contributed by atoms with Crippen molar-refractivity contribution in [3.05, 3.63) is 84.5 Å². The molecule has 0 radical (unpaired) electrons. The molecule has 0 spiro atoms. The Bertz CT molecular complexity index is 1550. The molecule has 4 heterocycles. The van der Waals surface area contributed by atoms with E-state index < -0.39 is 0 Å². The smallest absolute Gasteiger partial charge is 0.244 e. The van der Waals surface area contributed by atoms with Crippen molar-refractivity contribution in [2.45, 2.75) is 13.0 Å². The van der Waals surface area contributed by atoms with Crippen molar-refractivity contribution in [3.63, 3.8) is 0 Å². The van der Waals surface area contributed by atoms with E-state index in [0.29, 0.717) is 11.5 Å². The Morgan fingerprint density at radius 1 is 1.11 bits per heavy atom. The first-order valence-electron chi connectivity index (χ1n) is 11.2. The Kier molecular flexibility index (Phi) is 5.93. The summed E-state index contributed by atoms with van der Waals surface area (Å²) in [5.41, 5.74) is 5.50. The van der Waals surface area contributed by atoms with E-state index in [1.165, 1.54) is 6.08 Å². The SMILES string of the molecule is COc1ccc([C@@H](C)NC(=O)/C=C/c2c[nH]c3ncc(-c4cnn5ccccc45)cc23)cc1OC. The fourth-order valence-electron chi connectivity index (χ4n) is 4.10. The van der Waals surface area contributed by atoms with Crippen molar-refractivity contribution >= 4 is 28.5 Å². The average molecular weight is 468 g/mol. The number of aromatic nitrogens is 4. The standard InChI is InChI=1S/C27H25N5O3/c1-17(18-7-9-24(34-2)25(13-18)35-3)31-26(33)10-8-19-14-28-27-21(19)12-20(15-29-27)22-16-30-32-11-5-4-6-23(22)32/h4-17H,1-3H3,(H,28,29)(H,31,33)/b10-8+/t17-/m1/s1. The summed E-state index contributed by atoms with van der Waals surface area (Å²) in [6.45, 7) is 1.92. The topological polar surface area (TPSA) is 93.5 Å². The summed E-state index contributed by atoms with van der Waals surface area (Å²) in [5.74, 6) is 1.06. The summed E-state index contributed by atoms with van der Waals surface area (Å²) >= 11 is 0. The molecule has 0 saturated carbocycles. The van der Waals surface area contributed by atoms with Gasteiger partial charge in [0.05, 0.1) is 32.0 Å². The maximum atomic E-state index is 12.6. The van der Waals surface area contributed by atoms with E-state index in [1.807, 2.05) is 72.6 Å². The van der Waals surface area contributed by atoms with Crippen LogP contribution in [0.15, 0.2) is 73.3 Å². The number of fused-ring (bicyclic) bond motifs is 2. The van der Waals surface area contributed by atoms with Crippen molar-refractivity contribution in [1.29, 1.82) is 0 Å². The number of nitrogens with zero attached hydrogens (tertiary/aromatic N) is 3. The van der Waals surface area contributed by atoms with Crippen molar-refractivity contribution in [2.75, 3.05) is 14.2 Å². The molecule has 0 aliphatic carbocycles. The first-order valence-corrected chi connectivity index (χ1v) is 11.2. The van der Waals surface area contributed by atoms with Crippen molar-refractivity contribution in [2.24, 2.45) is 0 Å². The Hall–Kier alpha value is -4.59. The van der Waals surface area contributed by atoms with Crippen LogP contribution in [0, 0.1) is 0 Å². The fraction of sp³-hybridized carbons (Fsp3) is 0.148. The predicted molar refractivity (Wildman–Crippen MR) is 135 cm³/mol. The highest BCUT2D eigenvalue weighted by Gasteiger charge is 2.13. The van der Waals surface area contributed by atoms with E-state index in [1.54, 1.807) is 20.3 Å². The number of benzene rings is 1. The second kappa shape index (κ2) is 9.34. The third kappa shape index (κ3) is 4.33. The molecule has 5 aromatic rings. The summed E-state index contributed by atoms with van der Waals surface area (Å²) in [6, 6.07) is 13.4. The summed E-state index contributed by atoms with van der Waals surface area (Å²) in [5, 5.41) is 8.33. The summed E-state index contributed by atoms with van der Waals surface area (Å²) in [4.78, 5) is 20.4. The zero-order valence-corrected chi connectivity index (χ0v) is 19.6. The molecule has 0 unspecified atom stereocenters. The number of hydrogen-bond acceptors (Lipinski definition) is 5. The van der Waals surface area contributed by atoms with Crippen LogP contribution in [0.4, 0.5) is 0 Å². The monoisotopic (exact) mass is 467 g/mol. The molecule has 176 valence electrons. The highest BCUT2D eigenvalue weighted by Crippen LogP contribution is 2.30. The van der Waals surface area contributed by atoms with Crippen LogP contribution in [0.1, 0.15) is 24.1 Å². The Balaban J connectivity index is 1.35. The van der Waals surface area contributed by atoms with Gasteiger partial charge in [0.25, 0.3) is 0 Å². The molecule has 0 saturated heterocycles. The molecule has 0 fully saturated rings. The Labute approximate surface area is 202 Å². The second-order valence-corrected chi connectivity index (χ2v) is 8.13. The average Bonchev–Trinajstić information content (AvgIpc) is 3.50. The van der Waals surface area contributed by atoms with Crippen LogP contribution in [-0.4, -0.2) is 39.7 Å². The first-order chi connectivity index (χ1) is 17.1. The molecule has 35 heavy (non-hydrogen) atoms. The van der Waals surface area contributed by atoms with Crippen LogP contribution in [0.2, 0.25) is 0 Å². The minimum Gasteiger partial charge on any atom is -0.493 e. The molecule has 2 N–H and O–H groups in total. The number of hydrogen-bond donors (Lipinski definition) is 2. The third-order valence-electron chi connectivity index (χ3n) is 5.98. The molecule has 8 nitrogen and oxygen atoms in total. The first kappa shape index (κ1) is 22.2. The van der Waals surface area contributed by atoms with Gasteiger partial charge in [-0.15, -0.1) is 0 Å². The lowest BCUT2D eigenvalue weighted by molar-refractivity contribution is -0.117. The van der Waals surface area contributed by atoms with E-state index in [-0.39, 0.29) is 11.9 Å². The van der Waals surface area contributed by atoms with Gasteiger partial charge in [0.1, 0.15) is 5.65 Å². The van der Waals surface area contributed by atoms with Crippen molar-refractivity contribution < 1.29 is 14.3 Å². The van der Waals surface area contributed by atoms with Crippen molar-refractivity contribution in [1.82, 2.24) is 24.9 Å². The quantitative estimate of drug-likeness (QED) is 0.336.